The van der Waals surface area contributed by atoms with Crippen molar-refractivity contribution in [2.24, 2.45) is 5.73 Å². The zero-order valence-corrected chi connectivity index (χ0v) is 14.8. The van der Waals surface area contributed by atoms with Gasteiger partial charge in [-0.2, -0.15) is 0 Å². The fraction of sp³-hybridized carbons (Fsp3) is 0.176. The van der Waals surface area contributed by atoms with E-state index in [1.165, 1.54) is 23.5 Å². The van der Waals surface area contributed by atoms with Gasteiger partial charge in [-0.05, 0) is 49.7 Å². The fourth-order valence-corrected chi connectivity index (χ4v) is 3.15. The first-order chi connectivity index (χ1) is 10.9. The molecule has 0 saturated carbocycles. The smallest absolute Gasteiger partial charge is 0.241 e. The summed E-state index contributed by atoms with van der Waals surface area (Å²) in [4.78, 5) is 16.2. The number of thiazole rings is 1. The minimum Gasteiger partial charge on any atom is -0.325 e. The highest BCUT2D eigenvalue weighted by Gasteiger charge is 2.11. The molecule has 1 heterocycles. The molecule has 1 amide bonds. The molecule has 2 aromatic carbocycles. The highest BCUT2D eigenvalue weighted by Crippen LogP contribution is 2.32. The molecule has 1 unspecified atom stereocenters. The van der Waals surface area contributed by atoms with Crippen LogP contribution in [0.2, 0.25) is 0 Å². The standard InChI is InChI=1S/C17H16FN3OS.ClH/c1-9-7-11(3-5-13(9)20-16(22)10(2)19)17-21-14-8-12(18)4-6-15(14)23-17;/h3-8,10H,19H2,1-2H3,(H,20,22);1H. The SMILES string of the molecule is Cc1cc(-c2nc3cc(F)ccc3s2)ccc1NC(=O)C(C)N.Cl. The molecular weight excluding hydrogens is 349 g/mol. The van der Waals surface area contributed by atoms with E-state index in [9.17, 15) is 9.18 Å². The van der Waals surface area contributed by atoms with Crippen molar-refractivity contribution in [3.05, 3.63) is 47.8 Å². The van der Waals surface area contributed by atoms with Crippen LogP contribution in [0.1, 0.15) is 12.5 Å². The van der Waals surface area contributed by atoms with Crippen LogP contribution in [0.3, 0.4) is 0 Å². The zero-order chi connectivity index (χ0) is 16.6. The summed E-state index contributed by atoms with van der Waals surface area (Å²) in [6.45, 7) is 3.55. The Morgan fingerprint density at radius 1 is 1.29 bits per heavy atom. The number of fused-ring (bicyclic) bond motifs is 1. The summed E-state index contributed by atoms with van der Waals surface area (Å²) < 4.78 is 14.2. The van der Waals surface area contributed by atoms with Crippen LogP contribution < -0.4 is 11.1 Å². The molecule has 0 bridgehead atoms. The number of nitrogens with zero attached hydrogens (tertiary/aromatic N) is 1. The third kappa shape index (κ3) is 3.72. The van der Waals surface area contributed by atoms with E-state index in [0.29, 0.717) is 5.52 Å². The van der Waals surface area contributed by atoms with Crippen LogP contribution in [-0.2, 0) is 4.79 Å². The molecule has 1 atom stereocenters. The van der Waals surface area contributed by atoms with Crippen molar-refractivity contribution in [2.45, 2.75) is 19.9 Å². The molecule has 3 rings (SSSR count). The van der Waals surface area contributed by atoms with Gasteiger partial charge in [-0.25, -0.2) is 9.37 Å². The van der Waals surface area contributed by atoms with Crippen LogP contribution in [0, 0.1) is 12.7 Å². The number of amides is 1. The van der Waals surface area contributed by atoms with Gasteiger partial charge in [0.2, 0.25) is 5.91 Å². The Morgan fingerprint density at radius 3 is 2.71 bits per heavy atom. The number of rotatable bonds is 3. The lowest BCUT2D eigenvalue weighted by Crippen LogP contribution is -2.32. The van der Waals surface area contributed by atoms with Gasteiger partial charge in [-0.1, -0.05) is 0 Å². The minimum absolute atomic E-state index is 0. The quantitative estimate of drug-likeness (QED) is 0.733. The molecule has 7 heteroatoms. The molecule has 3 aromatic rings. The van der Waals surface area contributed by atoms with Gasteiger partial charge in [0.05, 0.1) is 16.3 Å². The molecule has 126 valence electrons. The Bertz CT molecular complexity index is 895. The topological polar surface area (TPSA) is 68.0 Å². The van der Waals surface area contributed by atoms with E-state index in [-0.39, 0.29) is 24.1 Å². The van der Waals surface area contributed by atoms with E-state index in [1.54, 1.807) is 13.0 Å². The zero-order valence-electron chi connectivity index (χ0n) is 13.2. The van der Waals surface area contributed by atoms with Crippen molar-refractivity contribution in [3.63, 3.8) is 0 Å². The summed E-state index contributed by atoms with van der Waals surface area (Å²) in [5, 5.41) is 3.61. The molecule has 0 fully saturated rings. The van der Waals surface area contributed by atoms with Gasteiger partial charge >= 0.3 is 0 Å². The average Bonchev–Trinajstić information content (AvgIpc) is 2.92. The number of aromatic nitrogens is 1. The average molecular weight is 366 g/mol. The van der Waals surface area contributed by atoms with E-state index < -0.39 is 6.04 Å². The molecule has 0 radical (unpaired) electrons. The number of halogens is 2. The van der Waals surface area contributed by atoms with Gasteiger partial charge in [-0.15, -0.1) is 23.7 Å². The summed E-state index contributed by atoms with van der Waals surface area (Å²) in [5.74, 6) is -0.518. The van der Waals surface area contributed by atoms with Crippen LogP contribution in [0.25, 0.3) is 20.8 Å². The highest BCUT2D eigenvalue weighted by molar-refractivity contribution is 7.21. The summed E-state index contributed by atoms with van der Waals surface area (Å²) in [6.07, 6.45) is 0. The number of aryl methyl sites for hydroxylation is 1. The summed E-state index contributed by atoms with van der Waals surface area (Å²) in [5.41, 5.74) is 8.79. The van der Waals surface area contributed by atoms with Gasteiger partial charge in [0, 0.05) is 17.3 Å². The third-order valence-electron chi connectivity index (χ3n) is 3.49. The highest BCUT2D eigenvalue weighted by atomic mass is 35.5. The van der Waals surface area contributed by atoms with Crippen molar-refractivity contribution >= 4 is 45.6 Å². The first-order valence-electron chi connectivity index (χ1n) is 7.17. The van der Waals surface area contributed by atoms with E-state index in [2.05, 4.69) is 10.3 Å². The predicted molar refractivity (Wildman–Crippen MR) is 99.3 cm³/mol. The second kappa shape index (κ2) is 7.25. The molecule has 0 spiro atoms. The van der Waals surface area contributed by atoms with Gasteiger partial charge in [-0.3, -0.25) is 4.79 Å². The number of anilines is 1. The number of carbonyl (C=O) groups is 1. The van der Waals surface area contributed by atoms with Crippen LogP contribution >= 0.6 is 23.7 Å². The Morgan fingerprint density at radius 2 is 2.04 bits per heavy atom. The van der Waals surface area contributed by atoms with Gasteiger partial charge in [0.1, 0.15) is 10.8 Å². The number of nitrogens with two attached hydrogens (primary N) is 1. The molecule has 4 nitrogen and oxygen atoms in total. The first kappa shape index (κ1) is 18.3. The maximum atomic E-state index is 13.3. The number of nitrogens with one attached hydrogen (secondary N) is 1. The molecule has 1 aromatic heterocycles. The van der Waals surface area contributed by atoms with Gasteiger partial charge < -0.3 is 11.1 Å². The van der Waals surface area contributed by atoms with Crippen LogP contribution in [-0.4, -0.2) is 16.9 Å². The second-order valence-corrected chi connectivity index (χ2v) is 6.47. The first-order valence-corrected chi connectivity index (χ1v) is 7.99. The van der Waals surface area contributed by atoms with E-state index in [1.807, 2.05) is 25.1 Å². The third-order valence-corrected chi connectivity index (χ3v) is 4.58. The Labute approximate surface area is 149 Å². The van der Waals surface area contributed by atoms with Crippen molar-refractivity contribution in [2.75, 3.05) is 5.32 Å². The number of carbonyl (C=O) groups excluding carboxylic acids is 1. The molecule has 0 aliphatic carbocycles. The Hall–Kier alpha value is -2.02. The number of benzene rings is 2. The molecular formula is C17H17ClFN3OS. The van der Waals surface area contributed by atoms with E-state index in [4.69, 9.17) is 5.73 Å². The van der Waals surface area contributed by atoms with Gasteiger partial charge in [0.15, 0.2) is 0 Å². The molecule has 0 aliphatic heterocycles. The lowest BCUT2D eigenvalue weighted by atomic mass is 10.1. The summed E-state index contributed by atoms with van der Waals surface area (Å²) in [6, 6.07) is 9.70. The normalized spacial score (nSPS) is 11.8. The maximum absolute atomic E-state index is 13.3. The summed E-state index contributed by atoms with van der Waals surface area (Å²) in [7, 11) is 0. The van der Waals surface area contributed by atoms with Crippen molar-refractivity contribution in [1.82, 2.24) is 4.98 Å². The molecule has 0 aliphatic rings. The monoisotopic (exact) mass is 365 g/mol. The number of hydrogen-bond acceptors (Lipinski definition) is 4. The lowest BCUT2D eigenvalue weighted by Gasteiger charge is -2.11. The van der Waals surface area contributed by atoms with Crippen molar-refractivity contribution in [3.8, 4) is 10.6 Å². The van der Waals surface area contributed by atoms with Gasteiger partial charge in [0.25, 0.3) is 0 Å². The van der Waals surface area contributed by atoms with E-state index in [0.717, 1.165) is 26.5 Å². The minimum atomic E-state index is -0.562. The van der Waals surface area contributed by atoms with Crippen LogP contribution in [0.5, 0.6) is 0 Å². The summed E-state index contributed by atoms with van der Waals surface area (Å²) >= 11 is 1.51. The van der Waals surface area contributed by atoms with Crippen molar-refractivity contribution < 1.29 is 9.18 Å². The van der Waals surface area contributed by atoms with Crippen molar-refractivity contribution in [1.29, 1.82) is 0 Å². The Balaban J connectivity index is 0.00000208. The molecule has 24 heavy (non-hydrogen) atoms. The predicted octanol–water partition coefficient (Wildman–Crippen LogP) is 4.12. The Kier molecular flexibility index (Phi) is 5.54. The maximum Gasteiger partial charge on any atom is 0.241 e. The molecule has 0 saturated heterocycles. The molecule has 3 N–H and O–H groups in total. The van der Waals surface area contributed by atoms with Crippen LogP contribution in [0.4, 0.5) is 10.1 Å². The lowest BCUT2D eigenvalue weighted by molar-refractivity contribution is -0.117. The fourth-order valence-electron chi connectivity index (χ4n) is 2.21. The van der Waals surface area contributed by atoms with E-state index >= 15 is 0 Å². The second-order valence-electron chi connectivity index (χ2n) is 5.44. The van der Waals surface area contributed by atoms with Crippen LogP contribution in [0.15, 0.2) is 36.4 Å². The number of hydrogen-bond donors (Lipinski definition) is 2. The largest absolute Gasteiger partial charge is 0.325 e.